The molecule has 2 aromatic rings. The van der Waals surface area contributed by atoms with E-state index in [0.29, 0.717) is 5.92 Å². The summed E-state index contributed by atoms with van der Waals surface area (Å²) in [5.41, 5.74) is 3.55. The van der Waals surface area contributed by atoms with Crippen LogP contribution < -0.4 is 11.1 Å². The molecule has 0 atom stereocenters. The van der Waals surface area contributed by atoms with E-state index in [4.69, 9.17) is 0 Å². The molecule has 0 amide bonds. The number of fused-ring (bicyclic) bond motifs is 1. The van der Waals surface area contributed by atoms with Crippen LogP contribution in [0.1, 0.15) is 42.5 Å². The number of piperidine rings is 1. The first-order valence-corrected chi connectivity index (χ1v) is 10.1. The highest BCUT2D eigenvalue weighted by molar-refractivity contribution is 5.20. The number of aryl methyl sites for hydroxylation is 3. The second-order valence-corrected chi connectivity index (χ2v) is 8.05. The summed E-state index contributed by atoms with van der Waals surface area (Å²) in [6, 6.07) is 5.37. The number of nitrogens with zero attached hydrogens (tertiary/aromatic N) is 4. The molecule has 3 heterocycles. The Balaban J connectivity index is 1.35. The van der Waals surface area contributed by atoms with Gasteiger partial charge in [0.15, 0.2) is 0 Å². The van der Waals surface area contributed by atoms with Gasteiger partial charge in [0.05, 0.1) is 5.69 Å². The first-order valence-electron chi connectivity index (χ1n) is 10.1. The Morgan fingerprint density at radius 2 is 1.85 bits per heavy atom. The summed E-state index contributed by atoms with van der Waals surface area (Å²) >= 11 is 0. The third-order valence-corrected chi connectivity index (χ3v) is 5.97. The van der Waals surface area contributed by atoms with Crippen molar-refractivity contribution in [2.75, 3.05) is 13.1 Å². The molecule has 0 aromatic carbocycles. The summed E-state index contributed by atoms with van der Waals surface area (Å²) in [6.07, 6.45) is 8.45. The molecule has 1 aliphatic heterocycles. The van der Waals surface area contributed by atoms with Crippen LogP contribution in [0.5, 0.6) is 0 Å². The Bertz CT molecular complexity index is 923. The van der Waals surface area contributed by atoms with Crippen molar-refractivity contribution in [3.63, 3.8) is 0 Å². The van der Waals surface area contributed by atoms with Gasteiger partial charge in [-0.3, -0.25) is 14.5 Å². The van der Waals surface area contributed by atoms with E-state index in [2.05, 4.69) is 10.00 Å². The summed E-state index contributed by atoms with van der Waals surface area (Å²) < 4.78 is 3.34. The van der Waals surface area contributed by atoms with Gasteiger partial charge in [0.25, 0.3) is 5.56 Å². The molecule has 0 spiro atoms. The van der Waals surface area contributed by atoms with Crippen LogP contribution in [0.3, 0.4) is 0 Å². The number of hydrogen-bond acceptors (Lipinski definition) is 4. The zero-order valence-corrected chi connectivity index (χ0v) is 16.1. The monoisotopic (exact) mass is 368 g/mol. The fourth-order valence-electron chi connectivity index (χ4n) is 4.31. The van der Waals surface area contributed by atoms with E-state index < -0.39 is 0 Å². The lowest BCUT2D eigenvalue weighted by Crippen LogP contribution is -2.37. The number of pyridine rings is 1. The molecule has 0 N–H and O–H groups in total. The van der Waals surface area contributed by atoms with Crippen molar-refractivity contribution in [2.45, 2.75) is 51.6 Å². The van der Waals surface area contributed by atoms with Crippen molar-refractivity contribution >= 4 is 0 Å². The average molecular weight is 368 g/mol. The maximum Gasteiger partial charge on any atom is 0.267 e. The fraction of sp³-hybridized carbons (Fsp3) is 0.571. The summed E-state index contributed by atoms with van der Waals surface area (Å²) in [4.78, 5) is 26.3. The highest BCUT2D eigenvalue weighted by Gasteiger charge is 2.21. The van der Waals surface area contributed by atoms with E-state index in [9.17, 15) is 9.59 Å². The molecule has 4 rings (SSSR count). The van der Waals surface area contributed by atoms with Crippen LogP contribution in [-0.2, 0) is 33.0 Å². The minimum absolute atomic E-state index is 0.0282. The van der Waals surface area contributed by atoms with Crippen LogP contribution in [0.15, 0.2) is 34.0 Å². The lowest BCUT2D eigenvalue weighted by Gasteiger charge is -2.32. The summed E-state index contributed by atoms with van der Waals surface area (Å²) in [7, 11) is 1.79. The minimum Gasteiger partial charge on any atom is -0.318 e. The van der Waals surface area contributed by atoms with Gasteiger partial charge in [0.2, 0.25) is 5.56 Å². The fourth-order valence-corrected chi connectivity index (χ4v) is 4.31. The molecule has 0 saturated carbocycles. The van der Waals surface area contributed by atoms with Gasteiger partial charge in [-0.15, -0.1) is 0 Å². The lowest BCUT2D eigenvalue weighted by atomic mass is 9.95. The Morgan fingerprint density at radius 1 is 1.07 bits per heavy atom. The van der Waals surface area contributed by atoms with Gasteiger partial charge in [-0.25, -0.2) is 4.68 Å². The van der Waals surface area contributed by atoms with Crippen LogP contribution in [0.25, 0.3) is 0 Å². The highest BCUT2D eigenvalue weighted by Crippen LogP contribution is 2.21. The van der Waals surface area contributed by atoms with Gasteiger partial charge in [0, 0.05) is 38.5 Å². The Labute approximate surface area is 159 Å². The van der Waals surface area contributed by atoms with Gasteiger partial charge >= 0.3 is 0 Å². The highest BCUT2D eigenvalue weighted by atomic mass is 16.1. The predicted octanol–water partition coefficient (Wildman–Crippen LogP) is 1.73. The molecule has 6 nitrogen and oxygen atoms in total. The summed E-state index contributed by atoms with van der Waals surface area (Å²) in [6.45, 7) is 3.65. The first kappa shape index (κ1) is 18.2. The quantitative estimate of drug-likeness (QED) is 0.825. The molecule has 0 bridgehead atoms. The second kappa shape index (κ2) is 7.80. The van der Waals surface area contributed by atoms with Gasteiger partial charge in [-0.05, 0) is 68.7 Å². The van der Waals surface area contributed by atoms with E-state index in [-0.39, 0.29) is 11.1 Å². The van der Waals surface area contributed by atoms with Crippen LogP contribution >= 0.6 is 0 Å². The Morgan fingerprint density at radius 3 is 2.63 bits per heavy atom. The molecule has 2 aliphatic rings. The van der Waals surface area contributed by atoms with Crippen LogP contribution in [0.4, 0.5) is 0 Å². The van der Waals surface area contributed by atoms with Crippen LogP contribution in [0.2, 0.25) is 0 Å². The van der Waals surface area contributed by atoms with Gasteiger partial charge in [0.1, 0.15) is 0 Å². The molecule has 1 saturated heterocycles. The SMILES string of the molecule is Cn1cc(CN2CCC(Cn3nc4c(cc3=O)CCCC4)CC2)ccc1=O. The van der Waals surface area contributed by atoms with E-state index in [0.717, 1.165) is 63.1 Å². The molecule has 27 heavy (non-hydrogen) atoms. The summed E-state index contributed by atoms with van der Waals surface area (Å²) in [5.74, 6) is 0.508. The largest absolute Gasteiger partial charge is 0.318 e. The standard InChI is InChI=1S/C21H28N4O2/c1-23-13-17(6-7-20(23)26)14-24-10-8-16(9-11-24)15-25-21(27)12-18-4-2-3-5-19(18)22-25/h6-7,12-13,16H,2-5,8-11,14-15H2,1H3. The average Bonchev–Trinajstić information content (AvgIpc) is 2.67. The zero-order chi connectivity index (χ0) is 18.8. The van der Waals surface area contributed by atoms with Crippen molar-refractivity contribution in [1.29, 1.82) is 0 Å². The minimum atomic E-state index is 0.0282. The van der Waals surface area contributed by atoms with Crippen LogP contribution in [0, 0.1) is 5.92 Å². The first-order chi connectivity index (χ1) is 13.1. The zero-order valence-electron chi connectivity index (χ0n) is 16.1. The number of hydrogen-bond donors (Lipinski definition) is 0. The third-order valence-electron chi connectivity index (χ3n) is 5.97. The molecule has 1 fully saturated rings. The van der Waals surface area contributed by atoms with E-state index in [1.165, 1.54) is 18.4 Å². The van der Waals surface area contributed by atoms with Crippen molar-refractivity contribution in [3.05, 3.63) is 61.9 Å². The smallest absolute Gasteiger partial charge is 0.267 e. The lowest BCUT2D eigenvalue weighted by molar-refractivity contribution is 0.163. The Kier molecular flexibility index (Phi) is 5.25. The maximum atomic E-state index is 12.4. The third kappa shape index (κ3) is 4.21. The van der Waals surface area contributed by atoms with Gasteiger partial charge in [-0.2, -0.15) is 5.10 Å². The number of aromatic nitrogens is 3. The molecule has 0 unspecified atom stereocenters. The molecular weight excluding hydrogens is 340 g/mol. The van der Waals surface area contributed by atoms with Crippen molar-refractivity contribution in [1.82, 2.24) is 19.2 Å². The molecule has 1 aliphatic carbocycles. The van der Waals surface area contributed by atoms with Crippen molar-refractivity contribution in [2.24, 2.45) is 13.0 Å². The molecule has 0 radical (unpaired) electrons. The van der Waals surface area contributed by atoms with Gasteiger partial charge in [-0.1, -0.05) is 6.07 Å². The molecule has 6 heteroatoms. The van der Waals surface area contributed by atoms with Crippen LogP contribution in [-0.4, -0.2) is 32.3 Å². The second-order valence-electron chi connectivity index (χ2n) is 8.05. The molecule has 144 valence electrons. The van der Waals surface area contributed by atoms with E-state index >= 15 is 0 Å². The van der Waals surface area contributed by atoms with E-state index in [1.807, 2.05) is 18.3 Å². The normalized spacial score (nSPS) is 18.4. The number of likely N-dealkylation sites (tertiary alicyclic amines) is 1. The topological polar surface area (TPSA) is 60.1 Å². The molecular formula is C21H28N4O2. The summed E-state index contributed by atoms with van der Waals surface area (Å²) in [5, 5.41) is 4.67. The van der Waals surface area contributed by atoms with Gasteiger partial charge < -0.3 is 4.57 Å². The Hall–Kier alpha value is -2.21. The maximum absolute atomic E-state index is 12.4. The van der Waals surface area contributed by atoms with E-state index in [1.54, 1.807) is 22.4 Å². The predicted molar refractivity (Wildman–Crippen MR) is 105 cm³/mol. The number of rotatable bonds is 4. The molecule has 2 aromatic heterocycles. The van der Waals surface area contributed by atoms with Crippen molar-refractivity contribution in [3.8, 4) is 0 Å². The van der Waals surface area contributed by atoms with Crippen molar-refractivity contribution < 1.29 is 0 Å².